The van der Waals surface area contributed by atoms with Gasteiger partial charge in [-0.2, -0.15) is 0 Å². The summed E-state index contributed by atoms with van der Waals surface area (Å²) in [6, 6.07) is 12.3. The van der Waals surface area contributed by atoms with E-state index < -0.39 is 0 Å². The fraction of sp³-hybridized carbons (Fsp3) is 0.312. The van der Waals surface area contributed by atoms with Crippen LogP contribution < -0.4 is 10.5 Å². The molecule has 106 valence electrons. The van der Waals surface area contributed by atoms with Crippen molar-refractivity contribution in [3.05, 3.63) is 54.4 Å². The first-order valence-corrected chi connectivity index (χ1v) is 7.58. The summed E-state index contributed by atoms with van der Waals surface area (Å²) in [7, 11) is 1.68. The largest absolute Gasteiger partial charge is 0.497 e. The van der Waals surface area contributed by atoms with Crippen LogP contribution in [0.1, 0.15) is 24.2 Å². The number of aromatic nitrogens is 1. The second-order valence-electron chi connectivity index (χ2n) is 4.57. The lowest BCUT2D eigenvalue weighted by molar-refractivity contribution is 0.414. The zero-order valence-corrected chi connectivity index (χ0v) is 12.6. The minimum absolute atomic E-state index is 0.0975. The van der Waals surface area contributed by atoms with Crippen LogP contribution in [0.4, 0.5) is 0 Å². The molecule has 4 heteroatoms. The lowest BCUT2D eigenvalue weighted by Crippen LogP contribution is -2.25. The topological polar surface area (TPSA) is 48.1 Å². The van der Waals surface area contributed by atoms with Gasteiger partial charge in [0.1, 0.15) is 5.75 Å². The van der Waals surface area contributed by atoms with E-state index in [1.165, 1.54) is 10.5 Å². The molecule has 0 saturated carbocycles. The minimum atomic E-state index is 0.0975. The summed E-state index contributed by atoms with van der Waals surface area (Å²) >= 11 is 1.77. The Labute approximate surface area is 124 Å². The first-order chi connectivity index (χ1) is 9.74. The molecule has 2 N–H and O–H groups in total. The molecule has 20 heavy (non-hydrogen) atoms. The predicted molar refractivity (Wildman–Crippen MR) is 84.1 cm³/mol. The summed E-state index contributed by atoms with van der Waals surface area (Å²) < 4.78 is 5.31. The van der Waals surface area contributed by atoms with E-state index in [0.29, 0.717) is 0 Å². The van der Waals surface area contributed by atoms with E-state index >= 15 is 0 Å². The Balaban J connectivity index is 2.27. The van der Waals surface area contributed by atoms with Crippen LogP contribution in [0.5, 0.6) is 5.75 Å². The van der Waals surface area contributed by atoms with Gasteiger partial charge in [0.05, 0.1) is 7.11 Å². The summed E-state index contributed by atoms with van der Waals surface area (Å²) in [6.07, 6.45) is 4.55. The van der Waals surface area contributed by atoms with E-state index in [4.69, 9.17) is 10.5 Å². The van der Waals surface area contributed by atoms with Crippen molar-refractivity contribution >= 4 is 11.8 Å². The quantitative estimate of drug-likeness (QED) is 0.824. The lowest BCUT2D eigenvalue weighted by atomic mass is 10.0. The lowest BCUT2D eigenvalue weighted by Gasteiger charge is -2.23. The molecule has 1 heterocycles. The number of nitrogens with two attached hydrogens (primary N) is 1. The Hall–Kier alpha value is -1.52. The molecule has 2 rings (SSSR count). The van der Waals surface area contributed by atoms with Gasteiger partial charge >= 0.3 is 0 Å². The number of methoxy groups -OCH3 is 1. The van der Waals surface area contributed by atoms with Gasteiger partial charge in [-0.25, -0.2) is 0 Å². The summed E-state index contributed by atoms with van der Waals surface area (Å²) in [5.74, 6) is 0.867. The van der Waals surface area contributed by atoms with Crippen molar-refractivity contribution in [2.75, 3.05) is 7.11 Å². The maximum Gasteiger partial charge on any atom is 0.119 e. The molecular formula is C16H20N2OS. The van der Waals surface area contributed by atoms with Gasteiger partial charge < -0.3 is 10.5 Å². The highest BCUT2D eigenvalue weighted by atomic mass is 32.2. The molecule has 0 saturated heterocycles. The fourth-order valence-corrected chi connectivity index (χ4v) is 3.22. The van der Waals surface area contributed by atoms with Crippen molar-refractivity contribution < 1.29 is 4.74 Å². The third kappa shape index (κ3) is 3.74. The van der Waals surface area contributed by atoms with Gasteiger partial charge in [0.15, 0.2) is 0 Å². The average molecular weight is 288 g/mol. The normalized spacial score (nSPS) is 13.8. The molecule has 0 radical (unpaired) electrons. The second-order valence-corrected chi connectivity index (χ2v) is 5.79. The smallest absolute Gasteiger partial charge is 0.119 e. The first kappa shape index (κ1) is 14.9. The number of benzene rings is 1. The van der Waals surface area contributed by atoms with Crippen LogP contribution >= 0.6 is 11.8 Å². The van der Waals surface area contributed by atoms with Crippen LogP contribution in [0.25, 0.3) is 0 Å². The highest BCUT2D eigenvalue weighted by Gasteiger charge is 2.20. The molecule has 0 aliphatic carbocycles. The van der Waals surface area contributed by atoms with Gasteiger partial charge in [-0.1, -0.05) is 19.1 Å². The van der Waals surface area contributed by atoms with E-state index in [1.54, 1.807) is 18.9 Å². The third-order valence-electron chi connectivity index (χ3n) is 3.20. The molecule has 2 atom stereocenters. The van der Waals surface area contributed by atoms with Crippen LogP contribution in [-0.4, -0.2) is 18.1 Å². The number of pyridine rings is 1. The second kappa shape index (κ2) is 7.31. The molecule has 0 amide bonds. The van der Waals surface area contributed by atoms with Crippen LogP contribution in [0, 0.1) is 0 Å². The number of hydrogen-bond donors (Lipinski definition) is 1. The van der Waals surface area contributed by atoms with Crippen molar-refractivity contribution in [3.8, 4) is 5.75 Å². The van der Waals surface area contributed by atoms with Crippen LogP contribution in [0.3, 0.4) is 0 Å². The Morgan fingerprint density at radius 2 is 2.00 bits per heavy atom. The summed E-state index contributed by atoms with van der Waals surface area (Å²) in [4.78, 5) is 5.23. The number of hydrogen-bond acceptors (Lipinski definition) is 4. The summed E-state index contributed by atoms with van der Waals surface area (Å²) in [5.41, 5.74) is 7.51. The molecule has 1 aromatic heterocycles. The van der Waals surface area contributed by atoms with E-state index in [2.05, 4.69) is 24.0 Å². The van der Waals surface area contributed by atoms with Crippen molar-refractivity contribution in [2.45, 2.75) is 29.5 Å². The van der Waals surface area contributed by atoms with Gasteiger partial charge in [0.25, 0.3) is 0 Å². The van der Waals surface area contributed by atoms with Gasteiger partial charge in [0.2, 0.25) is 0 Å². The van der Waals surface area contributed by atoms with Gasteiger partial charge in [0, 0.05) is 28.6 Å². The van der Waals surface area contributed by atoms with Gasteiger partial charge in [-0.3, -0.25) is 4.98 Å². The average Bonchev–Trinajstić information content (AvgIpc) is 2.53. The van der Waals surface area contributed by atoms with Crippen molar-refractivity contribution in [2.24, 2.45) is 5.73 Å². The minimum Gasteiger partial charge on any atom is -0.497 e. The molecule has 0 bridgehead atoms. The zero-order valence-electron chi connectivity index (χ0n) is 11.8. The Morgan fingerprint density at radius 1 is 1.25 bits per heavy atom. The fourth-order valence-electron chi connectivity index (χ4n) is 2.00. The van der Waals surface area contributed by atoms with E-state index in [0.717, 1.165) is 12.2 Å². The number of nitrogens with zero attached hydrogens (tertiary/aromatic N) is 1. The van der Waals surface area contributed by atoms with E-state index in [1.807, 2.05) is 36.7 Å². The third-order valence-corrected chi connectivity index (χ3v) is 4.62. The highest BCUT2D eigenvalue weighted by Crippen LogP contribution is 2.38. The van der Waals surface area contributed by atoms with Crippen LogP contribution in [0.15, 0.2) is 53.7 Å². The Bertz CT molecular complexity index is 533. The summed E-state index contributed by atoms with van der Waals surface area (Å²) in [5, 5.41) is 0.206. The zero-order chi connectivity index (χ0) is 14.4. The maximum atomic E-state index is 6.31. The highest BCUT2D eigenvalue weighted by molar-refractivity contribution is 7.99. The molecule has 0 spiro atoms. The summed E-state index contributed by atoms with van der Waals surface area (Å²) in [6.45, 7) is 2.12. The Kier molecular flexibility index (Phi) is 5.44. The van der Waals surface area contributed by atoms with E-state index in [-0.39, 0.29) is 11.3 Å². The SMILES string of the molecule is CCC(N)C(Sc1ccncc1)c1cccc(OC)c1. The van der Waals surface area contributed by atoms with Crippen LogP contribution in [-0.2, 0) is 0 Å². The predicted octanol–water partition coefficient (Wildman–Crippen LogP) is 3.66. The number of ether oxygens (including phenoxy) is 1. The van der Waals surface area contributed by atoms with Crippen molar-refractivity contribution in [1.29, 1.82) is 0 Å². The number of thioether (sulfide) groups is 1. The molecule has 0 fully saturated rings. The molecular weight excluding hydrogens is 268 g/mol. The monoisotopic (exact) mass is 288 g/mol. The van der Waals surface area contributed by atoms with E-state index in [9.17, 15) is 0 Å². The molecule has 2 aromatic rings. The number of rotatable bonds is 6. The molecule has 0 aliphatic rings. The van der Waals surface area contributed by atoms with Crippen molar-refractivity contribution in [3.63, 3.8) is 0 Å². The first-order valence-electron chi connectivity index (χ1n) is 6.70. The maximum absolute atomic E-state index is 6.31. The van der Waals surface area contributed by atoms with Gasteiger partial charge in [-0.15, -0.1) is 11.8 Å². The van der Waals surface area contributed by atoms with Gasteiger partial charge in [-0.05, 0) is 36.2 Å². The molecule has 2 unspecified atom stereocenters. The standard InChI is InChI=1S/C16H20N2OS/c1-3-15(17)16(20-14-7-9-18-10-8-14)12-5-4-6-13(11-12)19-2/h4-11,15-16H,3,17H2,1-2H3. The van der Waals surface area contributed by atoms with Crippen LogP contribution in [0.2, 0.25) is 0 Å². The molecule has 0 aliphatic heterocycles. The Morgan fingerprint density at radius 3 is 2.65 bits per heavy atom. The molecule has 1 aromatic carbocycles. The molecule has 3 nitrogen and oxygen atoms in total. The van der Waals surface area contributed by atoms with Crippen molar-refractivity contribution in [1.82, 2.24) is 4.98 Å².